The molecule has 0 saturated heterocycles. The summed E-state index contributed by atoms with van der Waals surface area (Å²) < 4.78 is 29.8. The summed E-state index contributed by atoms with van der Waals surface area (Å²) in [5, 5.41) is 0. The first-order valence-corrected chi connectivity index (χ1v) is 55.3. The van der Waals surface area contributed by atoms with Crippen molar-refractivity contribution < 1.29 is 0 Å². The van der Waals surface area contributed by atoms with E-state index in [2.05, 4.69) is 87.6 Å². The molecule has 464 valence electrons. The van der Waals surface area contributed by atoms with Crippen LogP contribution >= 0.6 is 23.5 Å². The summed E-state index contributed by atoms with van der Waals surface area (Å²) in [7, 11) is 0. The first kappa shape index (κ1) is 69.4. The Bertz CT molecular complexity index is 2600. The van der Waals surface area contributed by atoms with E-state index < -0.39 is 36.8 Å². The molecule has 0 unspecified atom stereocenters. The van der Waals surface area contributed by atoms with Gasteiger partial charge in [-0.05, 0) is 0 Å². The summed E-state index contributed by atoms with van der Waals surface area (Å²) in [5.41, 5.74) is 17.8. The maximum absolute atomic E-state index is 5.65. The van der Waals surface area contributed by atoms with Crippen LogP contribution in [0.25, 0.3) is 44.3 Å². The fourth-order valence-corrected chi connectivity index (χ4v) is 38.4. The monoisotopic (exact) mass is 1380 g/mol. The summed E-state index contributed by atoms with van der Waals surface area (Å²) in [5.74, 6) is 0. The van der Waals surface area contributed by atoms with Crippen molar-refractivity contribution >= 4 is 89.4 Å². The molecule has 0 amide bonds. The first-order valence-electron chi connectivity index (χ1n) is 36.4. The van der Waals surface area contributed by atoms with Crippen molar-refractivity contribution in [2.45, 2.75) is 357 Å². The number of rotatable bonds is 47. The van der Waals surface area contributed by atoms with Crippen molar-refractivity contribution in [2.75, 3.05) is 0 Å². The van der Waals surface area contributed by atoms with Crippen LogP contribution in [0.1, 0.15) is 340 Å². The zero-order chi connectivity index (χ0) is 59.0. The van der Waals surface area contributed by atoms with Gasteiger partial charge in [0.1, 0.15) is 0 Å². The molecule has 2 aromatic heterocycles. The predicted octanol–water partition coefficient (Wildman–Crippen LogP) is 25.0. The van der Waals surface area contributed by atoms with Crippen LogP contribution in [0, 0.1) is 0 Å². The normalized spacial score (nSPS) is 14.3. The number of aromatic nitrogens is 4. The summed E-state index contributed by atoms with van der Waals surface area (Å²) in [6, 6.07) is 11.6. The van der Waals surface area contributed by atoms with Gasteiger partial charge in [-0.1, -0.05) is 53.4 Å². The Morgan fingerprint density at radius 1 is 0.301 bits per heavy atom. The molecule has 0 aliphatic heterocycles. The summed E-state index contributed by atoms with van der Waals surface area (Å²) >= 11 is -2.75. The van der Waals surface area contributed by atoms with E-state index >= 15 is 0 Å². The van der Waals surface area contributed by atoms with Crippen LogP contribution in [0.5, 0.6) is 0 Å². The van der Waals surface area contributed by atoms with E-state index in [1.54, 1.807) is 52.3 Å². The molecule has 2 heterocycles. The molecule has 0 spiro atoms. The molecule has 2 aliphatic rings. The SMILES string of the molecule is CCCCCCCCCCC1(CCCCCCCCCC)c2cc3c(cc2-c2c1c[c]([Sn]([CH3])([CH3])[CH3])c1nsnc21)C(CCCCCCCCCC)(CCCCCCCCCC)c1c[c]([Sn]([CH2]CCC)([CH2]CCC)[CH2]CCC)c2nsnc2c1-3. The van der Waals surface area contributed by atoms with Crippen molar-refractivity contribution in [3.05, 3.63) is 46.5 Å². The molecule has 3 aromatic carbocycles. The Morgan fingerprint density at radius 3 is 0.867 bits per heavy atom. The fourth-order valence-electron chi connectivity index (χ4n) is 16.1. The number of nitrogens with zero attached hydrogens (tertiary/aromatic N) is 4. The van der Waals surface area contributed by atoms with Gasteiger partial charge in [0.25, 0.3) is 0 Å². The number of hydrogen-bond acceptors (Lipinski definition) is 6. The van der Waals surface area contributed by atoms with Gasteiger partial charge in [0.05, 0.1) is 0 Å². The molecular weight excluding hydrogens is 1260 g/mol. The molecule has 7 rings (SSSR count). The Balaban J connectivity index is 1.49. The molecule has 4 nitrogen and oxygen atoms in total. The van der Waals surface area contributed by atoms with E-state index in [1.165, 1.54) is 328 Å². The first-order chi connectivity index (χ1) is 40.6. The van der Waals surface area contributed by atoms with Crippen LogP contribution in [-0.2, 0) is 10.8 Å². The standard InChI is InChI=1S/C60H88N4S2.3C4H9.3CH3.2Sn/c1-5-9-13-17-21-25-29-33-41-59(42-34-30-26-22-18-14-10-6-2)49-37-39-53-57(63-65-61-53)55(49)47-46-52-48(45-51(47)59)56-50(38-40-54-58(56)64-66-62-54)60(52,43-35-31-27-23-19-15-11-7-3)44-36-32-28-24-20-16-12-8-4;3*1-3-4-2;;;;;/h37-38,45-46H,5-36,41-44H2,1-4H3;3*1,3-4H2,2H3;3*1H3;;. The molecule has 0 atom stereocenters. The van der Waals surface area contributed by atoms with Crippen molar-refractivity contribution in [2.24, 2.45) is 0 Å². The zero-order valence-electron chi connectivity index (χ0n) is 55.7. The zero-order valence-corrected chi connectivity index (χ0v) is 63.1. The van der Waals surface area contributed by atoms with Gasteiger partial charge >= 0.3 is 479 Å². The number of benzene rings is 3. The minimum absolute atomic E-state index is 0.0415. The number of fused-ring (bicyclic) bond motifs is 10. The molecule has 8 heteroatoms. The van der Waals surface area contributed by atoms with Crippen LogP contribution < -0.4 is 7.16 Å². The van der Waals surface area contributed by atoms with Crippen LogP contribution in [0.2, 0.25) is 28.1 Å². The van der Waals surface area contributed by atoms with Crippen molar-refractivity contribution in [3.8, 4) is 22.3 Å². The molecule has 0 radical (unpaired) electrons. The number of unbranched alkanes of at least 4 members (excludes halogenated alkanes) is 31. The molecule has 5 aromatic rings. The van der Waals surface area contributed by atoms with Gasteiger partial charge < -0.3 is 0 Å². The average molecular weight is 1380 g/mol. The Hall–Kier alpha value is -1.10. The molecule has 2 aliphatic carbocycles. The third-order valence-corrected chi connectivity index (χ3v) is 43.4. The minimum atomic E-state index is -3.07. The second kappa shape index (κ2) is 35.9. The van der Waals surface area contributed by atoms with Crippen LogP contribution in [0.3, 0.4) is 0 Å². The topological polar surface area (TPSA) is 51.6 Å². The van der Waals surface area contributed by atoms with Crippen molar-refractivity contribution in [1.82, 2.24) is 17.5 Å². The van der Waals surface area contributed by atoms with Gasteiger partial charge in [0.15, 0.2) is 0 Å². The molecule has 0 fully saturated rings. The van der Waals surface area contributed by atoms with E-state index in [0.717, 1.165) is 0 Å². The predicted molar refractivity (Wildman–Crippen MR) is 377 cm³/mol. The van der Waals surface area contributed by atoms with E-state index in [9.17, 15) is 0 Å². The van der Waals surface area contributed by atoms with Gasteiger partial charge in [0.2, 0.25) is 0 Å². The van der Waals surface area contributed by atoms with E-state index in [0.29, 0.717) is 0 Å². The summed E-state index contributed by atoms with van der Waals surface area (Å²) in [6.07, 6.45) is 56.6. The molecule has 0 saturated carbocycles. The second-order valence-corrected chi connectivity index (χ2v) is 57.0. The van der Waals surface area contributed by atoms with E-state index in [1.807, 2.05) is 0 Å². The molecule has 0 bridgehead atoms. The molecule has 0 N–H and O–H groups in total. The Kier molecular flexibility index (Phi) is 30.0. The van der Waals surface area contributed by atoms with Crippen LogP contribution in [0.4, 0.5) is 0 Å². The van der Waals surface area contributed by atoms with Gasteiger partial charge in [-0.25, -0.2) is 0 Å². The van der Waals surface area contributed by atoms with Crippen LogP contribution in [0.15, 0.2) is 24.3 Å². The van der Waals surface area contributed by atoms with Gasteiger partial charge in [-0.15, -0.1) is 0 Å². The third kappa shape index (κ3) is 17.4. The second-order valence-electron chi connectivity index (χ2n) is 28.5. The quantitative estimate of drug-likeness (QED) is 0.0288. The third-order valence-electron chi connectivity index (χ3n) is 21.1. The Labute approximate surface area is 528 Å². The van der Waals surface area contributed by atoms with Crippen molar-refractivity contribution in [1.29, 1.82) is 0 Å². The average Bonchev–Trinajstić information content (AvgIpc) is 2.46. The molecule has 83 heavy (non-hydrogen) atoms. The Morgan fingerprint density at radius 2 is 0.566 bits per heavy atom. The summed E-state index contributed by atoms with van der Waals surface area (Å²) in [4.78, 5) is 7.92. The van der Waals surface area contributed by atoms with Gasteiger partial charge in [-0.3, -0.25) is 0 Å². The van der Waals surface area contributed by atoms with E-state index in [4.69, 9.17) is 17.5 Å². The summed E-state index contributed by atoms with van der Waals surface area (Å²) in [6.45, 7) is 16.8. The maximum atomic E-state index is 5.65. The van der Waals surface area contributed by atoms with Gasteiger partial charge in [-0.2, -0.15) is 0 Å². The fraction of sp³-hybridized carbons (Fsp3) is 0.760. The van der Waals surface area contributed by atoms with Crippen LogP contribution in [-0.4, -0.2) is 54.2 Å². The van der Waals surface area contributed by atoms with Crippen molar-refractivity contribution in [3.63, 3.8) is 0 Å². The van der Waals surface area contributed by atoms with Gasteiger partial charge in [0, 0.05) is 0 Å². The van der Waals surface area contributed by atoms with E-state index in [-0.39, 0.29) is 10.8 Å². The number of hydrogen-bond donors (Lipinski definition) is 0. The molecular formula is C75H124N4S2Sn2.